The van der Waals surface area contributed by atoms with Gasteiger partial charge in [-0.1, -0.05) is 60.1 Å². The van der Waals surface area contributed by atoms with E-state index < -0.39 is 0 Å². The minimum Gasteiger partial charge on any atom is -0.382 e. The fourth-order valence-electron chi connectivity index (χ4n) is 1.87. The number of nitrogen functional groups attached to an aromatic ring is 1. The van der Waals surface area contributed by atoms with Gasteiger partial charge in [-0.15, -0.1) is 11.3 Å². The van der Waals surface area contributed by atoms with E-state index in [1.165, 1.54) is 0 Å². The molecule has 0 spiro atoms. The summed E-state index contributed by atoms with van der Waals surface area (Å²) in [6, 6.07) is 17.7. The van der Waals surface area contributed by atoms with Gasteiger partial charge in [0.25, 0.3) is 0 Å². The molecule has 19 heavy (non-hydrogen) atoms. The van der Waals surface area contributed by atoms with Crippen molar-refractivity contribution in [3.8, 4) is 21.0 Å². The van der Waals surface area contributed by atoms with Crippen LogP contribution in [-0.2, 0) is 0 Å². The number of benzene rings is 2. The first-order chi connectivity index (χ1) is 9.25. The number of hydrogen-bond donors (Lipinski definition) is 1. The maximum absolute atomic E-state index is 6.21. The molecule has 0 fully saturated rings. The molecule has 0 atom stereocenters. The van der Waals surface area contributed by atoms with Crippen molar-refractivity contribution >= 4 is 28.8 Å². The Balaban J connectivity index is 2.11. The van der Waals surface area contributed by atoms with E-state index in [9.17, 15) is 0 Å². The van der Waals surface area contributed by atoms with E-state index in [4.69, 9.17) is 17.3 Å². The van der Waals surface area contributed by atoms with Crippen molar-refractivity contribution in [3.63, 3.8) is 0 Å². The van der Waals surface area contributed by atoms with Gasteiger partial charge < -0.3 is 5.73 Å². The third-order valence-corrected chi connectivity index (χ3v) is 4.28. The highest BCUT2D eigenvalue weighted by Crippen LogP contribution is 2.39. The van der Waals surface area contributed by atoms with Gasteiger partial charge in [0.15, 0.2) is 0 Å². The number of thiazole rings is 1. The Bertz CT molecular complexity index is 707. The van der Waals surface area contributed by atoms with Crippen molar-refractivity contribution in [1.82, 2.24) is 4.98 Å². The molecular formula is C15H11ClN2S. The molecule has 1 aromatic heterocycles. The lowest BCUT2D eigenvalue weighted by Gasteiger charge is -2.00. The van der Waals surface area contributed by atoms with Crippen molar-refractivity contribution in [3.05, 3.63) is 59.6 Å². The highest BCUT2D eigenvalue weighted by atomic mass is 35.5. The Hall–Kier alpha value is -1.84. The maximum Gasteiger partial charge on any atom is 0.143 e. The summed E-state index contributed by atoms with van der Waals surface area (Å²) in [6.07, 6.45) is 0. The summed E-state index contributed by atoms with van der Waals surface area (Å²) in [7, 11) is 0. The average molecular weight is 287 g/mol. The van der Waals surface area contributed by atoms with Gasteiger partial charge in [0.2, 0.25) is 0 Å². The lowest BCUT2D eigenvalue weighted by Crippen LogP contribution is -1.87. The summed E-state index contributed by atoms with van der Waals surface area (Å²) in [4.78, 5) is 5.36. The van der Waals surface area contributed by atoms with Crippen molar-refractivity contribution in [2.45, 2.75) is 0 Å². The van der Waals surface area contributed by atoms with Crippen LogP contribution in [0, 0.1) is 0 Å². The molecule has 0 aliphatic heterocycles. The van der Waals surface area contributed by atoms with E-state index >= 15 is 0 Å². The Labute approximate surface area is 120 Å². The number of aromatic nitrogens is 1. The second-order valence-corrected chi connectivity index (χ2v) is 5.49. The van der Waals surface area contributed by atoms with Crippen molar-refractivity contribution in [1.29, 1.82) is 0 Å². The van der Waals surface area contributed by atoms with E-state index in [2.05, 4.69) is 4.98 Å². The molecule has 0 aliphatic rings. The largest absolute Gasteiger partial charge is 0.382 e. The lowest BCUT2D eigenvalue weighted by molar-refractivity contribution is 1.41. The second-order valence-electron chi connectivity index (χ2n) is 4.08. The summed E-state index contributed by atoms with van der Waals surface area (Å²) in [6.45, 7) is 0. The van der Waals surface area contributed by atoms with Gasteiger partial charge in [-0.2, -0.15) is 0 Å². The van der Waals surface area contributed by atoms with E-state index in [0.29, 0.717) is 10.8 Å². The molecule has 3 rings (SSSR count). The van der Waals surface area contributed by atoms with Crippen LogP contribution < -0.4 is 5.73 Å². The average Bonchev–Trinajstić information content (AvgIpc) is 2.82. The highest BCUT2D eigenvalue weighted by Gasteiger charge is 2.13. The smallest absolute Gasteiger partial charge is 0.143 e. The Morgan fingerprint density at radius 2 is 1.63 bits per heavy atom. The molecule has 0 saturated heterocycles. The van der Waals surface area contributed by atoms with Crippen LogP contribution in [-0.4, -0.2) is 4.98 Å². The zero-order valence-corrected chi connectivity index (χ0v) is 11.6. The van der Waals surface area contributed by atoms with Crippen LogP contribution in [0.1, 0.15) is 0 Å². The van der Waals surface area contributed by atoms with Gasteiger partial charge in [-0.25, -0.2) is 4.98 Å². The molecule has 1 heterocycles. The maximum atomic E-state index is 6.21. The number of nitrogens with two attached hydrogens (primary N) is 1. The Morgan fingerprint density at radius 1 is 0.947 bits per heavy atom. The summed E-state index contributed by atoms with van der Waals surface area (Å²) < 4.78 is 0. The molecule has 3 aromatic rings. The van der Waals surface area contributed by atoms with Gasteiger partial charge in [0, 0.05) is 16.1 Å². The fourth-order valence-corrected chi connectivity index (χ4v) is 3.19. The quantitative estimate of drug-likeness (QED) is 0.741. The van der Waals surface area contributed by atoms with E-state index in [1.807, 2.05) is 54.6 Å². The molecule has 2 aromatic carbocycles. The SMILES string of the molecule is Nc1nc(-c2ccccc2)sc1-c1ccccc1Cl. The number of halogens is 1. The monoisotopic (exact) mass is 286 g/mol. The first kappa shape index (κ1) is 12.2. The molecule has 0 bridgehead atoms. The zero-order chi connectivity index (χ0) is 13.2. The Morgan fingerprint density at radius 3 is 2.37 bits per heavy atom. The summed E-state index contributed by atoms with van der Waals surface area (Å²) in [5.74, 6) is 0.525. The van der Waals surface area contributed by atoms with Gasteiger partial charge in [-0.05, 0) is 6.07 Å². The topological polar surface area (TPSA) is 38.9 Å². The van der Waals surface area contributed by atoms with Crippen LogP contribution in [0.4, 0.5) is 5.82 Å². The van der Waals surface area contributed by atoms with Crippen LogP contribution in [0.25, 0.3) is 21.0 Å². The lowest BCUT2D eigenvalue weighted by atomic mass is 10.2. The van der Waals surface area contributed by atoms with Crippen LogP contribution in [0.15, 0.2) is 54.6 Å². The summed E-state index contributed by atoms with van der Waals surface area (Å²) >= 11 is 7.77. The highest BCUT2D eigenvalue weighted by molar-refractivity contribution is 7.19. The number of anilines is 1. The number of rotatable bonds is 2. The van der Waals surface area contributed by atoms with E-state index in [1.54, 1.807) is 11.3 Å². The van der Waals surface area contributed by atoms with Crippen LogP contribution in [0.3, 0.4) is 0 Å². The molecule has 0 saturated carbocycles. The minimum atomic E-state index is 0.525. The Kier molecular flexibility index (Phi) is 3.23. The van der Waals surface area contributed by atoms with Crippen LogP contribution in [0.2, 0.25) is 5.02 Å². The third kappa shape index (κ3) is 2.35. The predicted molar refractivity (Wildman–Crippen MR) is 82.4 cm³/mol. The summed E-state index contributed by atoms with van der Waals surface area (Å²) in [5, 5.41) is 1.60. The molecule has 94 valence electrons. The first-order valence-corrected chi connectivity index (χ1v) is 7.02. The number of nitrogens with zero attached hydrogens (tertiary/aromatic N) is 1. The van der Waals surface area contributed by atoms with E-state index in [-0.39, 0.29) is 0 Å². The van der Waals surface area contributed by atoms with Gasteiger partial charge >= 0.3 is 0 Å². The normalized spacial score (nSPS) is 10.6. The van der Waals surface area contributed by atoms with E-state index in [0.717, 1.165) is 21.0 Å². The zero-order valence-electron chi connectivity index (χ0n) is 10.0. The molecule has 0 amide bonds. The summed E-state index contributed by atoms with van der Waals surface area (Å²) in [5.41, 5.74) is 8.02. The van der Waals surface area contributed by atoms with Crippen molar-refractivity contribution < 1.29 is 0 Å². The first-order valence-electron chi connectivity index (χ1n) is 5.82. The third-order valence-electron chi connectivity index (χ3n) is 2.79. The molecule has 0 radical (unpaired) electrons. The second kappa shape index (κ2) is 5.03. The predicted octanol–water partition coefficient (Wildman–Crippen LogP) is 4.71. The van der Waals surface area contributed by atoms with Gasteiger partial charge in [-0.3, -0.25) is 0 Å². The van der Waals surface area contributed by atoms with Crippen LogP contribution in [0.5, 0.6) is 0 Å². The van der Waals surface area contributed by atoms with Crippen molar-refractivity contribution in [2.24, 2.45) is 0 Å². The van der Waals surface area contributed by atoms with Crippen molar-refractivity contribution in [2.75, 3.05) is 5.73 Å². The van der Waals surface area contributed by atoms with Gasteiger partial charge in [0.1, 0.15) is 10.8 Å². The molecule has 4 heteroatoms. The molecule has 2 nitrogen and oxygen atoms in total. The fraction of sp³-hybridized carbons (Fsp3) is 0. The molecule has 2 N–H and O–H groups in total. The molecular weight excluding hydrogens is 276 g/mol. The number of hydrogen-bond acceptors (Lipinski definition) is 3. The molecule has 0 unspecified atom stereocenters. The van der Waals surface area contributed by atoms with Crippen LogP contribution >= 0.6 is 22.9 Å². The van der Waals surface area contributed by atoms with Gasteiger partial charge in [0.05, 0.1) is 4.88 Å². The minimum absolute atomic E-state index is 0.525. The molecule has 0 aliphatic carbocycles. The standard InChI is InChI=1S/C15H11ClN2S/c16-12-9-5-4-8-11(12)13-14(17)18-15(19-13)10-6-2-1-3-7-10/h1-9H,17H2.